The molecule has 0 atom stereocenters. The molecule has 0 unspecified atom stereocenters. The van der Waals surface area contributed by atoms with E-state index in [0.717, 1.165) is 0 Å². The number of hydrogen-bond acceptors (Lipinski definition) is 8. The number of nitrogens with one attached hydrogen (secondary N) is 2. The molecule has 6 rings (SSSR count). The van der Waals surface area contributed by atoms with Gasteiger partial charge < -0.3 is 10.6 Å². The van der Waals surface area contributed by atoms with E-state index in [1.807, 2.05) is 0 Å². The molecule has 18 heteroatoms. The summed E-state index contributed by atoms with van der Waals surface area (Å²) in [5.74, 6) is -2.11. The minimum absolute atomic E-state index is 0.0558. The second kappa shape index (κ2) is 17.1. The second-order valence-electron chi connectivity index (χ2n) is 11.9. The monoisotopic (exact) mass is 807 g/mol. The molecule has 0 aliphatic carbocycles. The fraction of sp³-hybridized carbons (Fsp3) is 0.0811. The lowest BCUT2D eigenvalue weighted by molar-refractivity contribution is -0.116. The molecule has 2 heterocycles. The Morgan fingerprint density at radius 3 is 1.84 bits per heavy atom. The number of nitrogens with two attached hydrogens (primary N) is 2. The number of aryl methyl sites for hydroxylation is 1. The molecule has 6 N–H and O–H groups in total. The van der Waals surface area contributed by atoms with Crippen molar-refractivity contribution in [2.24, 2.45) is 17.3 Å². The molecule has 13 nitrogen and oxygen atoms in total. The number of primary sulfonamides is 2. The highest BCUT2D eigenvalue weighted by atomic mass is 35.5. The summed E-state index contributed by atoms with van der Waals surface area (Å²) in [5.41, 5.74) is 2.60. The van der Waals surface area contributed by atoms with E-state index in [1.54, 1.807) is 43.7 Å². The van der Waals surface area contributed by atoms with Gasteiger partial charge in [-0.1, -0.05) is 54.1 Å². The van der Waals surface area contributed by atoms with E-state index >= 15 is 0 Å². The molecule has 55 heavy (non-hydrogen) atoms. The lowest BCUT2D eigenvalue weighted by atomic mass is 10.1. The van der Waals surface area contributed by atoms with Crippen molar-refractivity contribution < 1.29 is 35.2 Å². The summed E-state index contributed by atoms with van der Waals surface area (Å²) in [6.45, 7) is 0. The van der Waals surface area contributed by atoms with E-state index in [9.17, 15) is 35.2 Å². The van der Waals surface area contributed by atoms with Crippen molar-refractivity contribution >= 4 is 54.8 Å². The van der Waals surface area contributed by atoms with Crippen LogP contribution in [-0.4, -0.2) is 43.4 Å². The number of carbonyl (C=O) groups excluding carboxylic acids is 2. The van der Waals surface area contributed by atoms with Crippen molar-refractivity contribution in [1.29, 1.82) is 0 Å². The summed E-state index contributed by atoms with van der Waals surface area (Å²) in [4.78, 5) is 28.1. The van der Waals surface area contributed by atoms with Crippen molar-refractivity contribution in [2.45, 2.75) is 22.6 Å². The lowest BCUT2D eigenvalue weighted by Crippen LogP contribution is -2.17. The third-order valence-corrected chi connectivity index (χ3v) is 10.1. The van der Waals surface area contributed by atoms with Crippen LogP contribution in [0.3, 0.4) is 0 Å². The van der Waals surface area contributed by atoms with Gasteiger partial charge in [-0.3, -0.25) is 19.3 Å². The molecule has 0 saturated carbocycles. The number of anilines is 2. The molecular formula is C37H32ClF2N7O6S2. The maximum absolute atomic E-state index is 13.8. The first-order chi connectivity index (χ1) is 26.0. The number of hydrogen-bond donors (Lipinski definition) is 4. The Kier molecular flexibility index (Phi) is 12.5. The zero-order valence-electron chi connectivity index (χ0n) is 28.8. The normalized spacial score (nSPS) is 11.3. The maximum atomic E-state index is 13.8. The molecule has 0 radical (unpaired) electrons. The largest absolute Gasteiger partial charge is 0.326 e. The number of amides is 2. The zero-order valence-corrected chi connectivity index (χ0v) is 31.2. The maximum Gasteiger partial charge on any atom is 0.238 e. The average molecular weight is 808 g/mol. The Morgan fingerprint density at radius 1 is 0.727 bits per heavy atom. The Hall–Kier alpha value is -5.85. The molecular weight excluding hydrogens is 776 g/mol. The molecule has 0 bridgehead atoms. The van der Waals surface area contributed by atoms with Crippen LogP contribution >= 0.6 is 11.6 Å². The first kappa shape index (κ1) is 40.3. The van der Waals surface area contributed by atoms with Crippen LogP contribution in [-0.2, 0) is 49.5 Å². The second-order valence-corrected chi connectivity index (χ2v) is 15.4. The summed E-state index contributed by atoms with van der Waals surface area (Å²) >= 11 is 5.93. The molecule has 2 amide bonds. The molecule has 6 aromatic rings. The minimum Gasteiger partial charge on any atom is -0.326 e. The Labute approximate surface area is 320 Å². The number of rotatable bonds is 10. The first-order valence-electron chi connectivity index (χ1n) is 16.0. The van der Waals surface area contributed by atoms with Crippen LogP contribution in [0.4, 0.5) is 20.2 Å². The predicted molar refractivity (Wildman–Crippen MR) is 204 cm³/mol. The lowest BCUT2D eigenvalue weighted by Gasteiger charge is -2.11. The number of benzene rings is 4. The van der Waals surface area contributed by atoms with E-state index in [2.05, 4.69) is 20.7 Å². The van der Waals surface area contributed by atoms with Crippen molar-refractivity contribution in [3.05, 3.63) is 144 Å². The van der Waals surface area contributed by atoms with Crippen LogP contribution in [0, 0.1) is 11.6 Å². The summed E-state index contributed by atoms with van der Waals surface area (Å²) in [6, 6.07) is 22.1. The van der Waals surface area contributed by atoms with Crippen LogP contribution in [0.5, 0.6) is 0 Å². The van der Waals surface area contributed by atoms with Gasteiger partial charge in [-0.25, -0.2) is 35.9 Å². The number of pyridine rings is 1. The van der Waals surface area contributed by atoms with Gasteiger partial charge in [0, 0.05) is 69.9 Å². The summed E-state index contributed by atoms with van der Waals surface area (Å²) < 4.78 is 77.1. The van der Waals surface area contributed by atoms with Gasteiger partial charge >= 0.3 is 0 Å². The van der Waals surface area contributed by atoms with Gasteiger partial charge in [-0.2, -0.15) is 5.10 Å². The minimum atomic E-state index is -4.07. The van der Waals surface area contributed by atoms with Crippen molar-refractivity contribution in [3.8, 4) is 22.3 Å². The van der Waals surface area contributed by atoms with Gasteiger partial charge in [0.25, 0.3) is 0 Å². The van der Waals surface area contributed by atoms with Crippen LogP contribution < -0.4 is 20.9 Å². The van der Waals surface area contributed by atoms with Gasteiger partial charge in [0.2, 0.25) is 31.9 Å². The number of halogens is 3. The Morgan fingerprint density at radius 2 is 1.31 bits per heavy atom. The molecule has 0 aliphatic rings. The number of carbonyl (C=O) groups is 2. The van der Waals surface area contributed by atoms with Gasteiger partial charge in [0.1, 0.15) is 11.6 Å². The SMILES string of the molecule is Cn1cc(-c2ccc(NC(=O)Cc3c(F)cccc3Cl)cc2S(N)(=O)=O)cn1.NS(=O)(=O)c1cc(NC(=O)Cc2ccccc2F)ccc1-c1cccnc1. The molecule has 4 aromatic carbocycles. The average Bonchev–Trinajstić information content (AvgIpc) is 3.56. The summed E-state index contributed by atoms with van der Waals surface area (Å²) in [5, 5.41) is 19.9. The van der Waals surface area contributed by atoms with Gasteiger partial charge in [0.05, 0.1) is 28.8 Å². The van der Waals surface area contributed by atoms with Crippen LogP contribution in [0.1, 0.15) is 11.1 Å². The quantitative estimate of drug-likeness (QED) is 0.140. The molecule has 0 spiro atoms. The summed E-state index contributed by atoms with van der Waals surface area (Å²) in [7, 11) is -6.42. The van der Waals surface area contributed by atoms with Crippen molar-refractivity contribution in [1.82, 2.24) is 14.8 Å². The number of sulfonamides is 2. The summed E-state index contributed by atoms with van der Waals surface area (Å²) in [6.07, 6.45) is 5.74. The zero-order chi connectivity index (χ0) is 39.9. The highest BCUT2D eigenvalue weighted by Crippen LogP contribution is 2.31. The number of nitrogens with zero attached hydrogens (tertiary/aromatic N) is 3. The molecule has 0 fully saturated rings. The van der Waals surface area contributed by atoms with Crippen molar-refractivity contribution in [2.75, 3.05) is 10.6 Å². The van der Waals surface area contributed by atoms with E-state index in [4.69, 9.17) is 21.9 Å². The van der Waals surface area contributed by atoms with Crippen molar-refractivity contribution in [3.63, 3.8) is 0 Å². The van der Waals surface area contributed by atoms with Crippen LogP contribution in [0.25, 0.3) is 22.3 Å². The molecule has 2 aromatic heterocycles. The highest BCUT2D eigenvalue weighted by Gasteiger charge is 2.20. The van der Waals surface area contributed by atoms with Crippen LogP contribution in [0.2, 0.25) is 5.02 Å². The van der Waals surface area contributed by atoms with E-state index in [0.29, 0.717) is 22.3 Å². The third kappa shape index (κ3) is 10.6. The molecule has 0 saturated heterocycles. The first-order valence-corrected chi connectivity index (χ1v) is 19.5. The van der Waals surface area contributed by atoms with Gasteiger partial charge in [-0.05, 0) is 54.1 Å². The van der Waals surface area contributed by atoms with Crippen LogP contribution in [0.15, 0.2) is 126 Å². The van der Waals surface area contributed by atoms with E-state index in [1.165, 1.54) is 83.8 Å². The molecule has 284 valence electrons. The highest BCUT2D eigenvalue weighted by molar-refractivity contribution is 7.89. The smallest absolute Gasteiger partial charge is 0.238 e. The van der Waals surface area contributed by atoms with Gasteiger partial charge in [0.15, 0.2) is 0 Å². The number of aromatic nitrogens is 3. The van der Waals surface area contributed by atoms with Gasteiger partial charge in [-0.15, -0.1) is 0 Å². The standard InChI is InChI=1S/C19H16FN3O3S.C18H16ClFN4O3S/c20-17-6-2-1-4-13(17)10-19(24)23-15-7-8-16(14-5-3-9-22-12-14)18(11-15)27(21,25)26;1-24-10-11(9-22-24)13-6-5-12(7-17(13)28(21,26)27)23-18(25)8-14-15(19)3-2-4-16(14)20/h1-9,11-12H,10H2,(H,23,24)(H2,21,25,26);2-7,9-10H,8H2,1H3,(H,23,25)(H2,21,26,27). The Balaban J connectivity index is 0.000000211. The van der Waals surface area contributed by atoms with E-state index < -0.39 is 43.5 Å². The fourth-order valence-electron chi connectivity index (χ4n) is 5.32. The fourth-order valence-corrected chi connectivity index (χ4v) is 7.11. The topological polar surface area (TPSA) is 209 Å². The molecule has 0 aliphatic heterocycles. The Bertz CT molecular complexity index is 2590. The third-order valence-electron chi connectivity index (χ3n) is 7.84. The van der Waals surface area contributed by atoms with E-state index in [-0.39, 0.29) is 50.2 Å². The predicted octanol–water partition coefficient (Wildman–Crippen LogP) is 5.42.